The summed E-state index contributed by atoms with van der Waals surface area (Å²) >= 11 is 0. The number of aromatic nitrogens is 2. The second-order valence-corrected chi connectivity index (χ2v) is 4.18. The molecule has 0 aliphatic carbocycles. The largest absolute Gasteiger partial charge is 0.488 e. The van der Waals surface area contributed by atoms with Crippen LogP contribution in [0.5, 0.6) is 5.75 Å². The Morgan fingerprint density at radius 2 is 2.44 bits per heavy atom. The van der Waals surface area contributed by atoms with Gasteiger partial charge in [0.05, 0.1) is 24.9 Å². The van der Waals surface area contributed by atoms with Gasteiger partial charge in [-0.25, -0.2) is 0 Å². The molecule has 0 spiro atoms. The molecule has 3 rings (SSSR count). The number of aromatic amines is 1. The molecule has 1 saturated heterocycles. The number of hydrogen-bond acceptors (Lipinski definition) is 3. The number of nitrogens with zero attached hydrogens (tertiary/aromatic N) is 1. The number of nitrogens with one attached hydrogen (secondary N) is 1. The Labute approximate surface area is 93.6 Å². The lowest BCUT2D eigenvalue weighted by Gasteiger charge is -2.13. The van der Waals surface area contributed by atoms with E-state index in [-0.39, 0.29) is 6.10 Å². The van der Waals surface area contributed by atoms with E-state index < -0.39 is 0 Å². The highest BCUT2D eigenvalue weighted by Gasteiger charge is 2.18. The molecule has 1 aromatic heterocycles. The minimum Gasteiger partial charge on any atom is -0.488 e. The van der Waals surface area contributed by atoms with Crippen LogP contribution in [0.4, 0.5) is 0 Å². The second-order valence-electron chi connectivity index (χ2n) is 4.18. The molecule has 1 N–H and O–H groups in total. The molecule has 0 unspecified atom stereocenters. The van der Waals surface area contributed by atoms with E-state index >= 15 is 0 Å². The Kier molecular flexibility index (Phi) is 2.29. The first-order valence-corrected chi connectivity index (χ1v) is 5.51. The molecule has 0 saturated carbocycles. The fraction of sp³-hybridized carbons (Fsp3) is 0.417. The van der Waals surface area contributed by atoms with Gasteiger partial charge < -0.3 is 9.47 Å². The van der Waals surface area contributed by atoms with Crippen molar-refractivity contribution in [3.8, 4) is 5.75 Å². The number of ether oxygens (including phenoxy) is 2. The second kappa shape index (κ2) is 3.79. The predicted molar refractivity (Wildman–Crippen MR) is 60.7 cm³/mol. The fourth-order valence-electron chi connectivity index (χ4n) is 2.00. The molecular weight excluding hydrogens is 204 g/mol. The Bertz CT molecular complexity index is 501. The van der Waals surface area contributed by atoms with E-state index in [1.165, 1.54) is 0 Å². The monoisotopic (exact) mass is 218 g/mol. The normalized spacial score (nSPS) is 20.4. The molecule has 0 radical (unpaired) electrons. The molecule has 4 heteroatoms. The molecule has 16 heavy (non-hydrogen) atoms. The van der Waals surface area contributed by atoms with Crippen molar-refractivity contribution in [2.75, 3.05) is 13.2 Å². The first kappa shape index (κ1) is 9.66. The van der Waals surface area contributed by atoms with Crippen LogP contribution in [0.3, 0.4) is 0 Å². The number of fused-ring (bicyclic) bond motifs is 1. The molecule has 0 amide bonds. The van der Waals surface area contributed by atoms with Gasteiger partial charge in [0.15, 0.2) is 0 Å². The molecular formula is C12H14N2O2. The van der Waals surface area contributed by atoms with Crippen LogP contribution < -0.4 is 4.74 Å². The van der Waals surface area contributed by atoms with Crippen molar-refractivity contribution >= 4 is 10.9 Å². The molecule has 1 aliphatic heterocycles. The Balaban J connectivity index is 1.92. The van der Waals surface area contributed by atoms with Gasteiger partial charge in [-0.15, -0.1) is 0 Å². The maximum atomic E-state index is 5.91. The molecule has 2 aromatic rings. The van der Waals surface area contributed by atoms with Gasteiger partial charge >= 0.3 is 0 Å². The van der Waals surface area contributed by atoms with Crippen LogP contribution >= 0.6 is 0 Å². The summed E-state index contributed by atoms with van der Waals surface area (Å²) in [6.07, 6.45) is 2.99. The predicted octanol–water partition coefficient (Wildman–Crippen LogP) is 2.04. The van der Waals surface area contributed by atoms with Crippen LogP contribution in [0.1, 0.15) is 12.0 Å². The summed E-state index contributed by atoms with van der Waals surface area (Å²) in [6, 6.07) is 4.10. The van der Waals surface area contributed by atoms with Gasteiger partial charge in [-0.2, -0.15) is 5.10 Å². The number of hydrogen-bond donors (Lipinski definition) is 1. The summed E-state index contributed by atoms with van der Waals surface area (Å²) in [5.41, 5.74) is 2.15. The van der Waals surface area contributed by atoms with Crippen molar-refractivity contribution in [1.82, 2.24) is 10.2 Å². The van der Waals surface area contributed by atoms with Crippen molar-refractivity contribution < 1.29 is 9.47 Å². The Morgan fingerprint density at radius 3 is 3.25 bits per heavy atom. The third kappa shape index (κ3) is 1.65. The fourth-order valence-corrected chi connectivity index (χ4v) is 2.00. The zero-order valence-corrected chi connectivity index (χ0v) is 9.19. The van der Waals surface area contributed by atoms with Crippen LogP contribution in [0.25, 0.3) is 10.9 Å². The van der Waals surface area contributed by atoms with Crippen molar-refractivity contribution in [1.29, 1.82) is 0 Å². The molecule has 1 aliphatic rings. The molecule has 1 atom stereocenters. The molecule has 1 fully saturated rings. The minimum absolute atomic E-state index is 0.194. The Morgan fingerprint density at radius 1 is 1.50 bits per heavy atom. The SMILES string of the molecule is Cc1cc2cn[nH]c2cc1O[C@@H]1CCOC1. The average Bonchev–Trinajstić information content (AvgIpc) is 2.89. The number of H-pyrrole nitrogens is 1. The minimum atomic E-state index is 0.194. The van der Waals surface area contributed by atoms with Gasteiger partial charge in [0, 0.05) is 17.9 Å². The standard InChI is InChI=1S/C12H14N2O2/c1-8-4-9-6-13-14-11(9)5-12(8)16-10-2-3-15-7-10/h4-6,10H,2-3,7H2,1H3,(H,13,14)/t10-/m1/s1. The molecule has 1 aromatic carbocycles. The topological polar surface area (TPSA) is 47.1 Å². The summed E-state index contributed by atoms with van der Waals surface area (Å²) in [5, 5.41) is 8.08. The summed E-state index contributed by atoms with van der Waals surface area (Å²) in [4.78, 5) is 0. The van der Waals surface area contributed by atoms with Crippen molar-refractivity contribution in [3.63, 3.8) is 0 Å². The highest BCUT2D eigenvalue weighted by molar-refractivity contribution is 5.80. The van der Waals surface area contributed by atoms with Gasteiger partial charge in [-0.05, 0) is 18.6 Å². The van der Waals surface area contributed by atoms with Crippen molar-refractivity contribution in [2.24, 2.45) is 0 Å². The average molecular weight is 218 g/mol. The van der Waals surface area contributed by atoms with E-state index in [1.807, 2.05) is 12.3 Å². The quantitative estimate of drug-likeness (QED) is 0.839. The zero-order chi connectivity index (χ0) is 11.0. The van der Waals surface area contributed by atoms with Gasteiger partial charge in [0.2, 0.25) is 0 Å². The first-order valence-electron chi connectivity index (χ1n) is 5.51. The van der Waals surface area contributed by atoms with E-state index in [0.29, 0.717) is 6.61 Å². The number of aryl methyl sites for hydroxylation is 1. The van der Waals surface area contributed by atoms with Gasteiger partial charge in [0.1, 0.15) is 11.9 Å². The third-order valence-electron chi connectivity index (χ3n) is 2.92. The van der Waals surface area contributed by atoms with Gasteiger partial charge in [-0.1, -0.05) is 0 Å². The van der Waals surface area contributed by atoms with Crippen LogP contribution in [-0.4, -0.2) is 29.5 Å². The lowest BCUT2D eigenvalue weighted by atomic mass is 10.1. The molecule has 0 bridgehead atoms. The van der Waals surface area contributed by atoms with Crippen molar-refractivity contribution in [2.45, 2.75) is 19.4 Å². The zero-order valence-electron chi connectivity index (χ0n) is 9.19. The smallest absolute Gasteiger partial charge is 0.124 e. The Hall–Kier alpha value is -1.55. The van der Waals surface area contributed by atoms with E-state index in [4.69, 9.17) is 9.47 Å². The summed E-state index contributed by atoms with van der Waals surface area (Å²) < 4.78 is 11.2. The van der Waals surface area contributed by atoms with E-state index in [9.17, 15) is 0 Å². The maximum Gasteiger partial charge on any atom is 0.124 e. The lowest BCUT2D eigenvalue weighted by Crippen LogP contribution is -2.16. The van der Waals surface area contributed by atoms with Crippen LogP contribution in [0.2, 0.25) is 0 Å². The number of benzene rings is 1. The van der Waals surface area contributed by atoms with E-state index in [1.54, 1.807) is 0 Å². The van der Waals surface area contributed by atoms with Crippen molar-refractivity contribution in [3.05, 3.63) is 23.9 Å². The summed E-state index contributed by atoms with van der Waals surface area (Å²) in [6.45, 7) is 3.55. The van der Waals surface area contributed by atoms with E-state index in [2.05, 4.69) is 23.2 Å². The van der Waals surface area contributed by atoms with Gasteiger partial charge in [0.25, 0.3) is 0 Å². The summed E-state index contributed by atoms with van der Waals surface area (Å²) in [5.74, 6) is 0.923. The van der Waals surface area contributed by atoms with Gasteiger partial charge in [-0.3, -0.25) is 5.10 Å². The highest BCUT2D eigenvalue weighted by Crippen LogP contribution is 2.26. The third-order valence-corrected chi connectivity index (χ3v) is 2.92. The van der Waals surface area contributed by atoms with Crippen LogP contribution in [0, 0.1) is 6.92 Å². The first-order chi connectivity index (χ1) is 7.83. The number of rotatable bonds is 2. The highest BCUT2D eigenvalue weighted by atomic mass is 16.5. The lowest BCUT2D eigenvalue weighted by molar-refractivity contribution is 0.141. The summed E-state index contributed by atoms with van der Waals surface area (Å²) in [7, 11) is 0. The van der Waals surface area contributed by atoms with Crippen LogP contribution in [0.15, 0.2) is 18.3 Å². The van der Waals surface area contributed by atoms with E-state index in [0.717, 1.165) is 35.2 Å². The maximum absolute atomic E-state index is 5.91. The molecule has 4 nitrogen and oxygen atoms in total. The molecule has 84 valence electrons. The van der Waals surface area contributed by atoms with Crippen LogP contribution in [-0.2, 0) is 4.74 Å². The molecule has 2 heterocycles.